The van der Waals surface area contributed by atoms with E-state index in [4.69, 9.17) is 4.74 Å². The predicted octanol–water partition coefficient (Wildman–Crippen LogP) is 3.92. The van der Waals surface area contributed by atoms with Crippen molar-refractivity contribution >= 4 is 23.3 Å². The standard InChI is InChI=1S/C21H24FN3O3/c1-4-25-17-11-16(9-10-18(17)28-13-21(2,3)19(25)26)24-20(27)23-12-14-5-7-15(22)8-6-14/h5-11H,4,12-13H2,1-3H3,(H2,23,24,27). The third-order valence-corrected chi connectivity index (χ3v) is 4.60. The maximum atomic E-state index is 12.9. The molecule has 148 valence electrons. The van der Waals surface area contributed by atoms with Crippen molar-refractivity contribution in [2.24, 2.45) is 5.41 Å². The van der Waals surface area contributed by atoms with Gasteiger partial charge in [-0.3, -0.25) is 4.79 Å². The SMILES string of the molecule is CCN1C(=O)C(C)(C)COc2ccc(NC(=O)NCc3ccc(F)cc3)cc21. The summed E-state index contributed by atoms with van der Waals surface area (Å²) in [6.07, 6.45) is 0. The highest BCUT2D eigenvalue weighted by Crippen LogP contribution is 2.38. The van der Waals surface area contributed by atoms with E-state index in [-0.39, 0.29) is 18.3 Å². The van der Waals surface area contributed by atoms with Crippen molar-refractivity contribution in [3.63, 3.8) is 0 Å². The van der Waals surface area contributed by atoms with Crippen LogP contribution in [-0.4, -0.2) is 25.1 Å². The Bertz CT molecular complexity index is 881. The van der Waals surface area contributed by atoms with Gasteiger partial charge in [-0.05, 0) is 56.7 Å². The Balaban J connectivity index is 1.71. The highest BCUT2D eigenvalue weighted by Gasteiger charge is 2.37. The Kier molecular flexibility index (Phi) is 5.53. The van der Waals surface area contributed by atoms with Crippen molar-refractivity contribution in [2.75, 3.05) is 23.4 Å². The summed E-state index contributed by atoms with van der Waals surface area (Å²) in [7, 11) is 0. The van der Waals surface area contributed by atoms with Crippen LogP contribution in [0.3, 0.4) is 0 Å². The first-order valence-corrected chi connectivity index (χ1v) is 9.18. The summed E-state index contributed by atoms with van der Waals surface area (Å²) in [6, 6.07) is 10.7. The van der Waals surface area contributed by atoms with Crippen LogP contribution in [0.2, 0.25) is 0 Å². The van der Waals surface area contributed by atoms with E-state index in [0.29, 0.717) is 30.3 Å². The molecule has 0 bridgehead atoms. The molecule has 3 rings (SSSR count). The van der Waals surface area contributed by atoms with Crippen LogP contribution in [0.1, 0.15) is 26.3 Å². The average Bonchev–Trinajstić information content (AvgIpc) is 2.76. The van der Waals surface area contributed by atoms with E-state index in [1.165, 1.54) is 12.1 Å². The second-order valence-electron chi connectivity index (χ2n) is 7.34. The second kappa shape index (κ2) is 7.88. The molecule has 6 nitrogen and oxygen atoms in total. The average molecular weight is 385 g/mol. The molecule has 2 aromatic rings. The van der Waals surface area contributed by atoms with E-state index >= 15 is 0 Å². The van der Waals surface area contributed by atoms with Crippen LogP contribution in [0, 0.1) is 11.2 Å². The first-order valence-electron chi connectivity index (χ1n) is 9.18. The Morgan fingerprint density at radius 1 is 1.21 bits per heavy atom. The van der Waals surface area contributed by atoms with E-state index in [1.807, 2.05) is 20.8 Å². The number of fused-ring (bicyclic) bond motifs is 1. The lowest BCUT2D eigenvalue weighted by atomic mass is 9.93. The number of hydrogen-bond donors (Lipinski definition) is 2. The minimum Gasteiger partial charge on any atom is -0.490 e. The summed E-state index contributed by atoms with van der Waals surface area (Å²) < 4.78 is 18.8. The van der Waals surface area contributed by atoms with Gasteiger partial charge in [-0.2, -0.15) is 0 Å². The number of urea groups is 1. The lowest BCUT2D eigenvalue weighted by Crippen LogP contribution is -2.42. The lowest BCUT2D eigenvalue weighted by Gasteiger charge is -2.27. The number of hydrogen-bond acceptors (Lipinski definition) is 3. The van der Waals surface area contributed by atoms with Crippen LogP contribution < -0.4 is 20.3 Å². The molecule has 0 atom stereocenters. The molecular formula is C21H24FN3O3. The summed E-state index contributed by atoms with van der Waals surface area (Å²) in [5.74, 6) is 0.267. The number of ether oxygens (including phenoxy) is 1. The van der Waals surface area contributed by atoms with Crippen LogP contribution in [0.4, 0.5) is 20.6 Å². The van der Waals surface area contributed by atoms with Crippen LogP contribution in [0.15, 0.2) is 42.5 Å². The fraction of sp³-hybridized carbons (Fsp3) is 0.333. The van der Waals surface area contributed by atoms with Gasteiger partial charge in [-0.15, -0.1) is 0 Å². The molecular weight excluding hydrogens is 361 g/mol. The van der Waals surface area contributed by atoms with Crippen molar-refractivity contribution in [3.05, 3.63) is 53.8 Å². The summed E-state index contributed by atoms with van der Waals surface area (Å²) in [5, 5.41) is 5.48. The molecule has 1 heterocycles. The molecule has 0 saturated carbocycles. The molecule has 3 amide bonds. The lowest BCUT2D eigenvalue weighted by molar-refractivity contribution is -0.127. The zero-order chi connectivity index (χ0) is 20.3. The molecule has 2 aromatic carbocycles. The number of carbonyl (C=O) groups excluding carboxylic acids is 2. The highest BCUT2D eigenvalue weighted by atomic mass is 19.1. The molecule has 1 aliphatic heterocycles. The molecule has 0 aliphatic carbocycles. The van der Waals surface area contributed by atoms with Gasteiger partial charge in [0.05, 0.1) is 11.1 Å². The van der Waals surface area contributed by atoms with Gasteiger partial charge in [-0.25, -0.2) is 9.18 Å². The number of carbonyl (C=O) groups is 2. The molecule has 7 heteroatoms. The van der Waals surface area contributed by atoms with Gasteiger partial charge in [0.1, 0.15) is 18.2 Å². The third kappa shape index (κ3) is 4.24. The fourth-order valence-electron chi connectivity index (χ4n) is 3.00. The molecule has 0 aromatic heterocycles. The molecule has 0 fully saturated rings. The van der Waals surface area contributed by atoms with Crippen molar-refractivity contribution in [3.8, 4) is 5.75 Å². The second-order valence-corrected chi connectivity index (χ2v) is 7.34. The summed E-state index contributed by atoms with van der Waals surface area (Å²) >= 11 is 0. The van der Waals surface area contributed by atoms with Crippen molar-refractivity contribution < 1.29 is 18.7 Å². The van der Waals surface area contributed by atoms with Gasteiger partial charge < -0.3 is 20.3 Å². The van der Waals surface area contributed by atoms with E-state index < -0.39 is 11.4 Å². The zero-order valence-electron chi connectivity index (χ0n) is 16.2. The van der Waals surface area contributed by atoms with Crippen molar-refractivity contribution in [2.45, 2.75) is 27.3 Å². The topological polar surface area (TPSA) is 70.7 Å². The smallest absolute Gasteiger partial charge is 0.319 e. The monoisotopic (exact) mass is 385 g/mol. The molecule has 1 aliphatic rings. The maximum absolute atomic E-state index is 12.9. The first-order chi connectivity index (χ1) is 13.3. The molecule has 0 saturated heterocycles. The largest absolute Gasteiger partial charge is 0.490 e. The van der Waals surface area contributed by atoms with E-state index in [0.717, 1.165) is 5.56 Å². The summed E-state index contributed by atoms with van der Waals surface area (Å²) in [5.41, 5.74) is 1.34. The van der Waals surface area contributed by atoms with E-state index in [1.54, 1.807) is 35.2 Å². The summed E-state index contributed by atoms with van der Waals surface area (Å²) in [6.45, 7) is 6.67. The number of rotatable bonds is 4. The Morgan fingerprint density at radius 2 is 1.93 bits per heavy atom. The molecule has 0 spiro atoms. The minimum atomic E-state index is -0.630. The number of benzene rings is 2. The fourth-order valence-corrected chi connectivity index (χ4v) is 3.00. The summed E-state index contributed by atoms with van der Waals surface area (Å²) in [4.78, 5) is 26.7. The number of nitrogens with zero attached hydrogens (tertiary/aromatic N) is 1. The van der Waals surface area contributed by atoms with Gasteiger partial charge >= 0.3 is 6.03 Å². The van der Waals surface area contributed by atoms with Gasteiger partial charge in [0.2, 0.25) is 5.91 Å². The van der Waals surface area contributed by atoms with Crippen LogP contribution in [0.5, 0.6) is 5.75 Å². The third-order valence-electron chi connectivity index (χ3n) is 4.60. The van der Waals surface area contributed by atoms with Crippen molar-refractivity contribution in [1.29, 1.82) is 0 Å². The maximum Gasteiger partial charge on any atom is 0.319 e. The molecule has 0 unspecified atom stereocenters. The Morgan fingerprint density at radius 3 is 2.61 bits per heavy atom. The van der Waals surface area contributed by atoms with Gasteiger partial charge in [0.25, 0.3) is 0 Å². The van der Waals surface area contributed by atoms with E-state index in [2.05, 4.69) is 10.6 Å². The minimum absolute atomic E-state index is 0.0216. The number of nitrogens with one attached hydrogen (secondary N) is 2. The van der Waals surface area contributed by atoms with Gasteiger partial charge in [0, 0.05) is 18.8 Å². The van der Waals surface area contributed by atoms with Crippen LogP contribution in [-0.2, 0) is 11.3 Å². The zero-order valence-corrected chi connectivity index (χ0v) is 16.2. The molecule has 0 radical (unpaired) electrons. The van der Waals surface area contributed by atoms with Gasteiger partial charge in [-0.1, -0.05) is 12.1 Å². The van der Waals surface area contributed by atoms with Gasteiger partial charge in [0.15, 0.2) is 0 Å². The predicted molar refractivity (Wildman–Crippen MR) is 106 cm³/mol. The van der Waals surface area contributed by atoms with Crippen LogP contribution >= 0.6 is 0 Å². The quantitative estimate of drug-likeness (QED) is 0.838. The number of anilines is 2. The molecule has 28 heavy (non-hydrogen) atoms. The highest BCUT2D eigenvalue weighted by molar-refractivity contribution is 6.00. The normalized spacial score (nSPS) is 15.3. The van der Waals surface area contributed by atoms with E-state index in [9.17, 15) is 14.0 Å². The van der Waals surface area contributed by atoms with Crippen molar-refractivity contribution in [1.82, 2.24) is 5.32 Å². The Hall–Kier alpha value is -3.09. The van der Waals surface area contributed by atoms with Crippen LogP contribution in [0.25, 0.3) is 0 Å². The Labute approximate surface area is 163 Å². The molecule has 2 N–H and O–H groups in total. The number of amides is 3. The number of halogens is 1. The first kappa shape index (κ1) is 19.7.